The van der Waals surface area contributed by atoms with E-state index in [4.69, 9.17) is 11.6 Å². The van der Waals surface area contributed by atoms with Gasteiger partial charge < -0.3 is 4.90 Å². The van der Waals surface area contributed by atoms with E-state index in [9.17, 15) is 13.2 Å². The number of benzene rings is 2. The largest absolute Gasteiger partial charge is 0.308 e. The number of anilines is 1. The van der Waals surface area contributed by atoms with Gasteiger partial charge in [-0.2, -0.15) is 0 Å². The topological polar surface area (TPSA) is 70.6 Å². The standard InChI is InChI=1S/C21H24ClN3O3S2/c1-14-11-18-19(12-15(14)2)29-21(23-18)25(10-9-24(3)4)20(26)13-30(27,28)17-7-5-16(22)6-8-17/h5-8,11-12H,9-10,13H2,1-4H3. The summed E-state index contributed by atoms with van der Waals surface area (Å²) in [6.45, 7) is 4.98. The molecule has 1 amide bonds. The number of hydrogen-bond donors (Lipinski definition) is 0. The SMILES string of the molecule is Cc1cc2nc(N(CCN(C)C)C(=O)CS(=O)(=O)c3ccc(Cl)cc3)sc2cc1C. The lowest BCUT2D eigenvalue weighted by molar-refractivity contribution is -0.116. The van der Waals surface area contributed by atoms with Gasteiger partial charge in [-0.15, -0.1) is 0 Å². The van der Waals surface area contributed by atoms with Crippen LogP contribution < -0.4 is 4.90 Å². The number of thiazole rings is 1. The number of hydrogen-bond acceptors (Lipinski definition) is 6. The predicted molar refractivity (Wildman–Crippen MR) is 124 cm³/mol. The highest BCUT2D eigenvalue weighted by Gasteiger charge is 2.26. The summed E-state index contributed by atoms with van der Waals surface area (Å²) in [5.74, 6) is -1.13. The number of aromatic nitrogens is 1. The Balaban J connectivity index is 1.93. The minimum absolute atomic E-state index is 0.0726. The van der Waals surface area contributed by atoms with Crippen LogP contribution in [0, 0.1) is 13.8 Å². The zero-order valence-electron chi connectivity index (χ0n) is 17.3. The van der Waals surface area contributed by atoms with Gasteiger partial charge in [0.05, 0.1) is 15.1 Å². The molecule has 0 saturated heterocycles. The number of fused-ring (bicyclic) bond motifs is 1. The molecule has 0 N–H and O–H groups in total. The fourth-order valence-electron chi connectivity index (χ4n) is 2.88. The van der Waals surface area contributed by atoms with Crippen LogP contribution in [0.5, 0.6) is 0 Å². The third-order valence-electron chi connectivity index (χ3n) is 4.78. The maximum Gasteiger partial charge on any atom is 0.244 e. The second-order valence-electron chi connectivity index (χ2n) is 7.46. The van der Waals surface area contributed by atoms with Crippen molar-refractivity contribution in [3.05, 3.63) is 52.5 Å². The van der Waals surface area contributed by atoms with Crippen molar-refractivity contribution in [3.8, 4) is 0 Å². The van der Waals surface area contributed by atoms with Crippen LogP contribution in [-0.2, 0) is 14.6 Å². The molecule has 0 fully saturated rings. The molecule has 2 aromatic carbocycles. The van der Waals surface area contributed by atoms with Crippen LogP contribution in [0.1, 0.15) is 11.1 Å². The Labute approximate surface area is 186 Å². The minimum Gasteiger partial charge on any atom is -0.308 e. The first-order valence-corrected chi connectivity index (χ1v) is 12.2. The Morgan fingerprint density at radius 1 is 1.07 bits per heavy atom. The zero-order chi connectivity index (χ0) is 22.1. The summed E-state index contributed by atoms with van der Waals surface area (Å²) in [4.78, 5) is 21.2. The second-order valence-corrected chi connectivity index (χ2v) is 10.9. The molecule has 3 rings (SSSR count). The van der Waals surface area contributed by atoms with E-state index in [1.54, 1.807) is 0 Å². The number of halogens is 1. The molecule has 0 bridgehead atoms. The highest BCUT2D eigenvalue weighted by atomic mass is 35.5. The third-order valence-corrected chi connectivity index (χ3v) is 7.69. The smallest absolute Gasteiger partial charge is 0.244 e. The van der Waals surface area contributed by atoms with E-state index >= 15 is 0 Å². The molecule has 0 spiro atoms. The number of carbonyl (C=O) groups is 1. The van der Waals surface area contributed by atoms with Crippen LogP contribution in [-0.4, -0.2) is 57.1 Å². The van der Waals surface area contributed by atoms with Crippen LogP contribution >= 0.6 is 22.9 Å². The zero-order valence-corrected chi connectivity index (χ0v) is 19.7. The Bertz CT molecular complexity index is 1130. The molecular formula is C21H24ClN3O3S2. The number of sulfone groups is 1. The van der Waals surface area contributed by atoms with Gasteiger partial charge in [0.15, 0.2) is 15.0 Å². The van der Waals surface area contributed by atoms with Gasteiger partial charge in [0, 0.05) is 18.1 Å². The van der Waals surface area contributed by atoms with Crippen molar-refractivity contribution < 1.29 is 13.2 Å². The Morgan fingerprint density at radius 2 is 1.70 bits per heavy atom. The Kier molecular flexibility index (Phi) is 6.81. The number of rotatable bonds is 7. The summed E-state index contributed by atoms with van der Waals surface area (Å²) >= 11 is 7.24. The molecule has 9 heteroatoms. The molecule has 0 atom stereocenters. The van der Waals surface area contributed by atoms with Crippen LogP contribution in [0.3, 0.4) is 0 Å². The van der Waals surface area contributed by atoms with E-state index in [0.717, 1.165) is 21.3 Å². The average molecular weight is 466 g/mol. The second kappa shape index (κ2) is 9.01. The third kappa shape index (κ3) is 5.18. The van der Waals surface area contributed by atoms with Crippen molar-refractivity contribution in [2.24, 2.45) is 0 Å². The molecule has 1 heterocycles. The molecule has 0 aliphatic rings. The number of likely N-dealkylation sites (N-methyl/N-ethyl adjacent to an activating group) is 1. The molecule has 160 valence electrons. The van der Waals surface area contributed by atoms with Crippen LogP contribution in [0.2, 0.25) is 5.02 Å². The summed E-state index contributed by atoms with van der Waals surface area (Å²) in [5.41, 5.74) is 3.08. The van der Waals surface area contributed by atoms with Crippen molar-refractivity contribution in [2.45, 2.75) is 18.7 Å². The Hall–Kier alpha value is -2.00. The van der Waals surface area contributed by atoms with Gasteiger partial charge in [-0.3, -0.25) is 9.69 Å². The van der Waals surface area contributed by atoms with Gasteiger partial charge >= 0.3 is 0 Å². The molecule has 0 saturated carbocycles. The predicted octanol–water partition coefficient (Wildman–Crippen LogP) is 3.94. The summed E-state index contributed by atoms with van der Waals surface area (Å²) in [6.07, 6.45) is 0. The molecule has 6 nitrogen and oxygen atoms in total. The van der Waals surface area contributed by atoms with Gasteiger partial charge in [0.1, 0.15) is 5.75 Å². The van der Waals surface area contributed by atoms with Crippen LogP contribution in [0.25, 0.3) is 10.2 Å². The molecular weight excluding hydrogens is 442 g/mol. The lowest BCUT2D eigenvalue weighted by atomic mass is 10.1. The van der Waals surface area contributed by atoms with E-state index in [1.165, 1.54) is 40.5 Å². The minimum atomic E-state index is -3.80. The van der Waals surface area contributed by atoms with E-state index in [2.05, 4.69) is 4.98 Å². The van der Waals surface area contributed by atoms with Gasteiger partial charge in [-0.05, 0) is 75.5 Å². The van der Waals surface area contributed by atoms with Crippen molar-refractivity contribution in [3.63, 3.8) is 0 Å². The monoisotopic (exact) mass is 465 g/mol. The molecule has 0 unspecified atom stereocenters. The first kappa shape index (κ1) is 22.7. The quantitative estimate of drug-likeness (QED) is 0.528. The highest BCUT2D eigenvalue weighted by Crippen LogP contribution is 2.31. The lowest BCUT2D eigenvalue weighted by Gasteiger charge is -2.22. The van der Waals surface area contributed by atoms with Gasteiger partial charge in [0.2, 0.25) is 5.91 Å². The highest BCUT2D eigenvalue weighted by molar-refractivity contribution is 7.92. The number of nitrogens with zero attached hydrogens (tertiary/aromatic N) is 3. The van der Waals surface area contributed by atoms with E-state index in [0.29, 0.717) is 23.2 Å². The van der Waals surface area contributed by atoms with Gasteiger partial charge in [-0.25, -0.2) is 13.4 Å². The number of carbonyl (C=O) groups excluding carboxylic acids is 1. The molecule has 0 radical (unpaired) electrons. The normalized spacial score (nSPS) is 11.9. The molecule has 3 aromatic rings. The number of aryl methyl sites for hydroxylation is 2. The van der Waals surface area contributed by atoms with Crippen LogP contribution in [0.15, 0.2) is 41.3 Å². The van der Waals surface area contributed by atoms with Gasteiger partial charge in [0.25, 0.3) is 0 Å². The fourth-order valence-corrected chi connectivity index (χ4v) is 5.29. The van der Waals surface area contributed by atoms with Crippen LogP contribution in [0.4, 0.5) is 5.13 Å². The van der Waals surface area contributed by atoms with Gasteiger partial charge in [-0.1, -0.05) is 22.9 Å². The first-order chi connectivity index (χ1) is 14.1. The first-order valence-electron chi connectivity index (χ1n) is 9.38. The Morgan fingerprint density at radius 3 is 2.33 bits per heavy atom. The summed E-state index contributed by atoms with van der Waals surface area (Å²) < 4.78 is 26.5. The van der Waals surface area contributed by atoms with E-state index in [1.807, 2.05) is 45.0 Å². The summed E-state index contributed by atoms with van der Waals surface area (Å²) in [5, 5.41) is 0.945. The molecule has 0 aliphatic carbocycles. The van der Waals surface area contributed by atoms with E-state index < -0.39 is 21.5 Å². The van der Waals surface area contributed by atoms with Crippen molar-refractivity contribution >= 4 is 54.0 Å². The molecule has 0 aliphatic heterocycles. The average Bonchev–Trinajstić information content (AvgIpc) is 3.04. The van der Waals surface area contributed by atoms with Crippen molar-refractivity contribution in [1.82, 2.24) is 9.88 Å². The summed E-state index contributed by atoms with van der Waals surface area (Å²) in [6, 6.07) is 9.87. The van der Waals surface area contributed by atoms with Crippen molar-refractivity contribution in [2.75, 3.05) is 37.8 Å². The maximum absolute atomic E-state index is 13.1. The summed E-state index contributed by atoms with van der Waals surface area (Å²) in [7, 11) is 0.00398. The fraction of sp³-hybridized carbons (Fsp3) is 0.333. The molecule has 1 aromatic heterocycles. The van der Waals surface area contributed by atoms with Crippen molar-refractivity contribution in [1.29, 1.82) is 0 Å². The molecule has 30 heavy (non-hydrogen) atoms. The lowest BCUT2D eigenvalue weighted by Crippen LogP contribution is -2.40. The maximum atomic E-state index is 13.1. The number of amides is 1. The van der Waals surface area contributed by atoms with E-state index in [-0.39, 0.29) is 4.90 Å².